The third-order valence-electron chi connectivity index (χ3n) is 3.73. The molecule has 0 saturated heterocycles. The second-order valence-electron chi connectivity index (χ2n) is 6.68. The van der Waals surface area contributed by atoms with Gasteiger partial charge < -0.3 is 16.8 Å². The van der Waals surface area contributed by atoms with E-state index in [4.69, 9.17) is 11.5 Å². The van der Waals surface area contributed by atoms with Crippen LogP contribution in [0.4, 0.5) is 17.5 Å². The Balaban J connectivity index is 1.76. The molecule has 2 heterocycles. The Kier molecular flexibility index (Phi) is 3.92. The molecule has 0 radical (unpaired) electrons. The summed E-state index contributed by atoms with van der Waals surface area (Å²) in [4.78, 5) is 16.6. The molecule has 3 aromatic rings. The summed E-state index contributed by atoms with van der Waals surface area (Å²) in [7, 11) is 0. The number of fused-ring (bicyclic) bond motifs is 1. The van der Waals surface area contributed by atoms with Gasteiger partial charge in [-0.05, 0) is 23.1 Å². The van der Waals surface area contributed by atoms with Crippen LogP contribution in [-0.4, -0.2) is 19.9 Å². The fourth-order valence-electron chi connectivity index (χ4n) is 2.35. The largest absolute Gasteiger partial charge is 0.382 e. The number of aromatic nitrogens is 4. The first-order chi connectivity index (χ1) is 11.3. The molecule has 0 spiro atoms. The van der Waals surface area contributed by atoms with Crippen molar-refractivity contribution in [1.82, 2.24) is 19.9 Å². The maximum atomic E-state index is 5.84. The monoisotopic (exact) mass is 323 g/mol. The van der Waals surface area contributed by atoms with Crippen LogP contribution < -0.4 is 16.8 Å². The van der Waals surface area contributed by atoms with Crippen molar-refractivity contribution in [2.24, 2.45) is 0 Å². The normalized spacial score (nSPS) is 11.6. The average Bonchev–Trinajstić information content (AvgIpc) is 2.52. The number of nitrogen functional groups attached to an aromatic ring is 2. The maximum absolute atomic E-state index is 5.84. The van der Waals surface area contributed by atoms with E-state index in [0.29, 0.717) is 17.7 Å². The Morgan fingerprint density at radius 2 is 1.71 bits per heavy atom. The van der Waals surface area contributed by atoms with E-state index in [0.717, 1.165) is 11.4 Å². The molecule has 0 unspecified atom stereocenters. The van der Waals surface area contributed by atoms with E-state index in [1.165, 1.54) is 5.56 Å². The zero-order valence-corrected chi connectivity index (χ0v) is 14.0. The van der Waals surface area contributed by atoms with Gasteiger partial charge >= 0.3 is 0 Å². The molecule has 5 N–H and O–H groups in total. The van der Waals surface area contributed by atoms with Gasteiger partial charge in [0.05, 0.1) is 18.4 Å². The van der Waals surface area contributed by atoms with E-state index >= 15 is 0 Å². The second-order valence-corrected chi connectivity index (χ2v) is 6.68. The van der Waals surface area contributed by atoms with Crippen LogP contribution >= 0.6 is 0 Å². The van der Waals surface area contributed by atoms with E-state index in [9.17, 15) is 0 Å². The molecular formula is C17H21N7. The third kappa shape index (κ3) is 3.34. The van der Waals surface area contributed by atoms with E-state index < -0.39 is 0 Å². The molecule has 0 aliphatic rings. The number of rotatable bonds is 3. The molecule has 2 aromatic heterocycles. The first-order valence-electron chi connectivity index (χ1n) is 7.72. The number of nitrogens with two attached hydrogens (primary N) is 2. The zero-order valence-electron chi connectivity index (χ0n) is 14.0. The van der Waals surface area contributed by atoms with Crippen LogP contribution in [0.15, 0.2) is 30.5 Å². The summed E-state index contributed by atoms with van der Waals surface area (Å²) in [5.74, 6) is 0.334. The Hall–Kier alpha value is -2.96. The molecule has 7 heteroatoms. The van der Waals surface area contributed by atoms with Gasteiger partial charge in [0.2, 0.25) is 5.95 Å². The first-order valence-corrected chi connectivity index (χ1v) is 7.72. The van der Waals surface area contributed by atoms with Crippen LogP contribution in [0.1, 0.15) is 32.0 Å². The van der Waals surface area contributed by atoms with Crippen molar-refractivity contribution >= 4 is 28.6 Å². The highest BCUT2D eigenvalue weighted by Gasteiger charge is 2.13. The minimum absolute atomic E-state index is 0.0964. The third-order valence-corrected chi connectivity index (χ3v) is 3.73. The number of nitrogens with zero attached hydrogens (tertiary/aromatic N) is 4. The van der Waals surface area contributed by atoms with Gasteiger partial charge in [-0.25, -0.2) is 9.97 Å². The molecule has 0 aliphatic carbocycles. The summed E-state index contributed by atoms with van der Waals surface area (Å²) in [6, 6.07) is 8.38. The van der Waals surface area contributed by atoms with Crippen molar-refractivity contribution in [3.05, 3.63) is 41.7 Å². The smallest absolute Gasteiger partial charge is 0.224 e. The van der Waals surface area contributed by atoms with Crippen LogP contribution in [0.2, 0.25) is 0 Å². The Bertz CT molecular complexity index is 866. The van der Waals surface area contributed by atoms with Gasteiger partial charge in [-0.1, -0.05) is 32.9 Å². The number of benzene rings is 1. The van der Waals surface area contributed by atoms with Crippen LogP contribution in [-0.2, 0) is 12.0 Å². The summed E-state index contributed by atoms with van der Waals surface area (Å²) < 4.78 is 0. The molecule has 24 heavy (non-hydrogen) atoms. The van der Waals surface area contributed by atoms with Crippen molar-refractivity contribution < 1.29 is 0 Å². The van der Waals surface area contributed by atoms with Gasteiger partial charge in [0, 0.05) is 5.69 Å². The summed E-state index contributed by atoms with van der Waals surface area (Å²) in [6.45, 7) is 7.11. The quantitative estimate of drug-likeness (QED) is 0.678. The topological polar surface area (TPSA) is 116 Å². The van der Waals surface area contributed by atoms with E-state index in [1.54, 1.807) is 6.20 Å². The van der Waals surface area contributed by atoms with Crippen molar-refractivity contribution in [2.45, 2.75) is 32.7 Å². The molecule has 0 atom stereocenters. The molecule has 3 rings (SSSR count). The number of hydrogen-bond donors (Lipinski definition) is 3. The van der Waals surface area contributed by atoms with Crippen LogP contribution in [0.3, 0.4) is 0 Å². The van der Waals surface area contributed by atoms with Gasteiger partial charge in [0.15, 0.2) is 17.0 Å². The first kappa shape index (κ1) is 15.9. The van der Waals surface area contributed by atoms with Crippen molar-refractivity contribution in [3.8, 4) is 0 Å². The van der Waals surface area contributed by atoms with Crippen LogP contribution in [0, 0.1) is 0 Å². The molecule has 0 fully saturated rings. The van der Waals surface area contributed by atoms with Gasteiger partial charge in [-0.15, -0.1) is 0 Å². The predicted molar refractivity (Wildman–Crippen MR) is 96.4 cm³/mol. The molecular weight excluding hydrogens is 302 g/mol. The van der Waals surface area contributed by atoms with Gasteiger partial charge in [0.1, 0.15) is 0 Å². The molecule has 0 saturated carbocycles. The molecule has 7 nitrogen and oxygen atoms in total. The fraction of sp³-hybridized carbons (Fsp3) is 0.294. The minimum atomic E-state index is 0.0964. The average molecular weight is 323 g/mol. The SMILES string of the molecule is CC(C)(C)c1ccc(NCc2cnc3nc(N)nc(N)c3n2)cc1. The van der Waals surface area contributed by atoms with Crippen LogP contribution in [0.5, 0.6) is 0 Å². The lowest BCUT2D eigenvalue weighted by molar-refractivity contribution is 0.590. The predicted octanol–water partition coefficient (Wildman–Crippen LogP) is 2.49. The van der Waals surface area contributed by atoms with Gasteiger partial charge in [-0.2, -0.15) is 9.97 Å². The lowest BCUT2D eigenvalue weighted by atomic mass is 9.87. The van der Waals surface area contributed by atoms with Crippen molar-refractivity contribution in [3.63, 3.8) is 0 Å². The molecule has 0 aliphatic heterocycles. The minimum Gasteiger partial charge on any atom is -0.382 e. The fourth-order valence-corrected chi connectivity index (χ4v) is 2.35. The second kappa shape index (κ2) is 5.92. The molecule has 0 bridgehead atoms. The standard InChI is InChI=1S/C17H21N7/c1-17(2,3)10-4-6-11(7-5-10)20-8-12-9-21-15-13(22-12)14(18)23-16(19)24-15/h4-7,9,20H,8H2,1-3H3,(H4,18,19,21,23,24). The summed E-state index contributed by atoms with van der Waals surface area (Å²) in [5.41, 5.74) is 15.5. The summed E-state index contributed by atoms with van der Waals surface area (Å²) in [5, 5.41) is 3.33. The molecule has 124 valence electrons. The van der Waals surface area contributed by atoms with Crippen LogP contribution in [0.25, 0.3) is 11.2 Å². The van der Waals surface area contributed by atoms with E-state index in [1.807, 2.05) is 0 Å². The molecule has 0 amide bonds. The molecule has 1 aromatic carbocycles. The lowest BCUT2D eigenvalue weighted by Gasteiger charge is -2.19. The van der Waals surface area contributed by atoms with Crippen molar-refractivity contribution in [2.75, 3.05) is 16.8 Å². The van der Waals surface area contributed by atoms with Gasteiger partial charge in [-0.3, -0.25) is 0 Å². The van der Waals surface area contributed by atoms with Gasteiger partial charge in [0.25, 0.3) is 0 Å². The maximum Gasteiger partial charge on any atom is 0.224 e. The Morgan fingerprint density at radius 1 is 1.00 bits per heavy atom. The van der Waals surface area contributed by atoms with E-state index in [-0.39, 0.29) is 17.2 Å². The number of hydrogen-bond acceptors (Lipinski definition) is 7. The van der Waals surface area contributed by atoms with Crippen molar-refractivity contribution in [1.29, 1.82) is 0 Å². The number of anilines is 3. The van der Waals surface area contributed by atoms with E-state index in [2.05, 4.69) is 70.3 Å². The Labute approximate surface area is 140 Å². The Morgan fingerprint density at radius 3 is 2.38 bits per heavy atom. The highest BCUT2D eigenvalue weighted by Crippen LogP contribution is 2.23. The summed E-state index contributed by atoms with van der Waals surface area (Å²) >= 11 is 0. The lowest BCUT2D eigenvalue weighted by Crippen LogP contribution is -2.11. The number of nitrogens with one attached hydrogen (secondary N) is 1. The highest BCUT2D eigenvalue weighted by molar-refractivity contribution is 5.81. The zero-order chi connectivity index (χ0) is 17.3. The summed E-state index contributed by atoms with van der Waals surface area (Å²) in [6.07, 6.45) is 1.66. The highest BCUT2D eigenvalue weighted by atomic mass is 15.1.